The van der Waals surface area contributed by atoms with Crippen LogP contribution in [0.2, 0.25) is 0 Å². The van der Waals surface area contributed by atoms with Crippen molar-refractivity contribution in [3.8, 4) is 11.1 Å². The molecule has 1 saturated heterocycles. The Bertz CT molecular complexity index is 2100. The summed E-state index contributed by atoms with van der Waals surface area (Å²) in [5.74, 6) is -4.52. The van der Waals surface area contributed by atoms with Crippen molar-refractivity contribution in [3.05, 3.63) is 65.2 Å². The Hall–Kier alpha value is -4.86. The Morgan fingerprint density at radius 2 is 1.75 bits per heavy atom. The number of nitrogens with zero attached hydrogens (tertiary/aromatic N) is 2. The molecule has 0 unspecified atom stereocenters. The number of cyclic esters (lactones) is 1. The number of carbonyl (C=O) groups excluding carboxylic acids is 4. The maximum Gasteiger partial charge on any atom is 0.408 e. The zero-order chi connectivity index (χ0) is 40.2. The quantitative estimate of drug-likeness (QED) is 0.317. The van der Waals surface area contributed by atoms with E-state index >= 15 is 0 Å². The van der Waals surface area contributed by atoms with Crippen LogP contribution in [0, 0.1) is 11.3 Å². The lowest BCUT2D eigenvalue weighted by atomic mass is 9.85. The Kier molecular flexibility index (Phi) is 10.5. The molecule has 7 rings (SSSR count). The topological polar surface area (TPSA) is 173 Å². The minimum Gasteiger partial charge on any atom is -0.447 e. The van der Waals surface area contributed by atoms with E-state index in [1.54, 1.807) is 27.7 Å². The van der Waals surface area contributed by atoms with Crippen molar-refractivity contribution in [2.45, 2.75) is 114 Å². The summed E-state index contributed by atoms with van der Waals surface area (Å²) in [7, 11) is -4.13. The van der Waals surface area contributed by atoms with Gasteiger partial charge >= 0.3 is 6.09 Å². The van der Waals surface area contributed by atoms with Crippen LogP contribution < -0.4 is 15.4 Å². The summed E-state index contributed by atoms with van der Waals surface area (Å²) in [4.78, 5) is 62.7. The van der Waals surface area contributed by atoms with E-state index in [1.165, 1.54) is 4.90 Å². The number of nitrogens with one attached hydrogen (secondary N) is 3. The molecule has 16 heteroatoms. The number of alkyl halides is 2. The third-order valence-electron chi connectivity index (χ3n) is 11.2. The standard InChI is InChI=1S/C40H47F2N5O8S/c1-22-10-6-5-7-11-23-14-17-27-26-12-8-9-13-28(26)32(29(27)18-23)45-55-24-19-31(47(21-24)36(49)33(39(2,3)4)43-38(51)54-22)35(48)44-40(20-30(40)34(41)42)37(50)46-56(52,53)25-15-16-25/h7-9,11-14,17-18,22,24-25,30-31,33-34H,5-6,10,15-16,19-21H2,1-4H3,(H,43,51)(H,44,48)(H,46,50)/b11-7+,45-32+/t22-,24-,30+,31+,33-,40+/m1/s1. The van der Waals surface area contributed by atoms with Gasteiger partial charge in [0, 0.05) is 17.5 Å². The highest BCUT2D eigenvalue weighted by molar-refractivity contribution is 7.91. The maximum atomic E-state index is 14.5. The van der Waals surface area contributed by atoms with Crippen LogP contribution in [0.15, 0.2) is 53.7 Å². The fourth-order valence-corrected chi connectivity index (χ4v) is 9.11. The normalized spacial score (nSPS) is 29.5. The van der Waals surface area contributed by atoms with Gasteiger partial charge in [0.2, 0.25) is 28.3 Å². The van der Waals surface area contributed by atoms with Gasteiger partial charge < -0.3 is 25.1 Å². The highest BCUT2D eigenvalue weighted by atomic mass is 32.2. The molecular weight excluding hydrogens is 749 g/mol. The molecule has 2 aromatic rings. The molecule has 0 aromatic heterocycles. The number of alkyl carbamates (subject to hydrolysis) is 1. The van der Waals surface area contributed by atoms with Gasteiger partial charge in [-0.2, -0.15) is 0 Å². The van der Waals surface area contributed by atoms with Gasteiger partial charge in [0.1, 0.15) is 35.5 Å². The molecule has 300 valence electrons. The summed E-state index contributed by atoms with van der Waals surface area (Å²) in [6, 6.07) is 11.2. The SMILES string of the molecule is C[C@@H]1CCC/C=C/c2ccc3c(c2)/C(=N/O[C@@H]2C[C@@H](C(=O)N[C@@]4(C(=O)NS(=O)(=O)C5CC5)C[C@H]4C(F)F)N(C2)C(=O)[C@H](C(C)(C)C)NC(=O)O1)c1ccccc1-3. The largest absolute Gasteiger partial charge is 0.447 e. The van der Waals surface area contributed by atoms with Crippen molar-refractivity contribution >= 4 is 45.6 Å². The summed E-state index contributed by atoms with van der Waals surface area (Å²) >= 11 is 0. The van der Waals surface area contributed by atoms with E-state index in [4.69, 9.17) is 9.57 Å². The number of carbonyl (C=O) groups is 4. The predicted molar refractivity (Wildman–Crippen MR) is 203 cm³/mol. The van der Waals surface area contributed by atoms with Crippen molar-refractivity contribution < 1.29 is 46.0 Å². The van der Waals surface area contributed by atoms with Crippen molar-refractivity contribution in [3.63, 3.8) is 0 Å². The average molecular weight is 796 g/mol. The number of oxime groups is 1. The van der Waals surface area contributed by atoms with Crippen LogP contribution in [0.5, 0.6) is 0 Å². The van der Waals surface area contributed by atoms with Gasteiger partial charge in [-0.3, -0.25) is 19.1 Å². The molecule has 3 fully saturated rings. The first-order valence-corrected chi connectivity index (χ1v) is 20.6. The monoisotopic (exact) mass is 795 g/mol. The third kappa shape index (κ3) is 7.89. The van der Waals surface area contributed by atoms with Gasteiger partial charge in [0.25, 0.3) is 5.91 Å². The lowest BCUT2D eigenvalue weighted by Gasteiger charge is -2.35. The number of benzene rings is 2. The van der Waals surface area contributed by atoms with Crippen molar-refractivity contribution in [1.29, 1.82) is 0 Å². The van der Waals surface area contributed by atoms with Gasteiger partial charge in [0.05, 0.1) is 17.7 Å². The number of sulfonamides is 1. The smallest absolute Gasteiger partial charge is 0.408 e. The van der Waals surface area contributed by atoms with Crippen LogP contribution in [0.3, 0.4) is 0 Å². The van der Waals surface area contributed by atoms with Crippen LogP contribution in [0.1, 0.15) is 89.3 Å². The molecule has 2 aromatic carbocycles. The van der Waals surface area contributed by atoms with Crippen LogP contribution in [0.4, 0.5) is 13.6 Å². The number of amides is 4. The van der Waals surface area contributed by atoms with Gasteiger partial charge in [-0.25, -0.2) is 22.0 Å². The Balaban J connectivity index is 1.23. The molecule has 0 radical (unpaired) electrons. The summed E-state index contributed by atoms with van der Waals surface area (Å²) in [6.07, 6.45) is 0.879. The van der Waals surface area contributed by atoms with E-state index in [0.29, 0.717) is 25.0 Å². The first-order valence-electron chi connectivity index (χ1n) is 19.1. The van der Waals surface area contributed by atoms with Gasteiger partial charge in [-0.1, -0.05) is 74.5 Å². The fraction of sp³-hybridized carbons (Fsp3) is 0.525. The molecule has 3 aliphatic carbocycles. The number of hydrogen-bond donors (Lipinski definition) is 3. The number of allylic oxidation sites excluding steroid dienone is 1. The summed E-state index contributed by atoms with van der Waals surface area (Å²) < 4.78 is 61.1. The summed E-state index contributed by atoms with van der Waals surface area (Å²) in [5.41, 5.74) is 1.97. The van der Waals surface area contributed by atoms with Crippen LogP contribution in [-0.2, 0) is 34.0 Å². The first-order chi connectivity index (χ1) is 26.5. The van der Waals surface area contributed by atoms with Gasteiger partial charge in [0.15, 0.2) is 0 Å². The summed E-state index contributed by atoms with van der Waals surface area (Å²) in [6.45, 7) is 6.77. The van der Waals surface area contributed by atoms with E-state index in [2.05, 4.69) is 21.9 Å². The predicted octanol–water partition coefficient (Wildman–Crippen LogP) is 4.88. The summed E-state index contributed by atoms with van der Waals surface area (Å²) in [5, 5.41) is 8.91. The van der Waals surface area contributed by atoms with Crippen molar-refractivity contribution in [1.82, 2.24) is 20.3 Å². The molecule has 0 spiro atoms. The Morgan fingerprint density at radius 3 is 2.43 bits per heavy atom. The maximum absolute atomic E-state index is 14.5. The zero-order valence-electron chi connectivity index (χ0n) is 31.7. The third-order valence-corrected chi connectivity index (χ3v) is 13.0. The number of hydrogen-bond acceptors (Lipinski definition) is 9. The van der Waals surface area contributed by atoms with Crippen LogP contribution >= 0.6 is 0 Å². The zero-order valence-corrected chi connectivity index (χ0v) is 32.5. The van der Waals surface area contributed by atoms with E-state index in [1.807, 2.05) is 53.3 Å². The van der Waals surface area contributed by atoms with E-state index in [-0.39, 0.29) is 13.0 Å². The van der Waals surface area contributed by atoms with E-state index in [0.717, 1.165) is 40.7 Å². The van der Waals surface area contributed by atoms with Crippen LogP contribution in [0.25, 0.3) is 17.2 Å². The average Bonchev–Trinajstić information content (AvgIpc) is 4.05. The molecule has 56 heavy (non-hydrogen) atoms. The molecule has 6 atom stereocenters. The molecule has 2 saturated carbocycles. The molecule has 13 nitrogen and oxygen atoms in total. The number of ether oxygens (including phenoxy) is 1. The van der Waals surface area contributed by atoms with E-state index < -0.39 is 93.1 Å². The minimum absolute atomic E-state index is 0.151. The molecule has 4 amide bonds. The van der Waals surface area contributed by atoms with Crippen molar-refractivity contribution in [2.75, 3.05) is 6.54 Å². The van der Waals surface area contributed by atoms with Crippen LogP contribution in [-0.4, -0.2) is 90.9 Å². The molecular formula is C40H47F2N5O8S. The molecule has 2 aliphatic heterocycles. The number of halogens is 2. The second-order valence-corrected chi connectivity index (χ2v) is 18.5. The van der Waals surface area contributed by atoms with E-state index in [9.17, 15) is 36.4 Å². The van der Waals surface area contributed by atoms with Gasteiger partial charge in [-0.05, 0) is 73.6 Å². The highest BCUT2D eigenvalue weighted by Crippen LogP contribution is 2.48. The van der Waals surface area contributed by atoms with Gasteiger partial charge in [-0.15, -0.1) is 0 Å². The minimum atomic E-state index is -4.13. The number of fused-ring (bicyclic) bond motifs is 6. The molecule has 2 heterocycles. The fourth-order valence-electron chi connectivity index (χ4n) is 7.75. The Morgan fingerprint density at radius 1 is 1.04 bits per heavy atom. The van der Waals surface area contributed by atoms with Crippen molar-refractivity contribution in [2.24, 2.45) is 16.5 Å². The molecule has 4 bridgehead atoms. The lowest BCUT2D eigenvalue weighted by Crippen LogP contribution is -2.60. The number of rotatable bonds is 6. The Labute approximate surface area is 324 Å². The second kappa shape index (κ2) is 14.9. The second-order valence-electron chi connectivity index (χ2n) is 16.5. The first kappa shape index (κ1) is 39.4. The molecule has 5 aliphatic rings. The lowest BCUT2D eigenvalue weighted by molar-refractivity contribution is -0.143. The molecule has 3 N–H and O–H groups in total. The highest BCUT2D eigenvalue weighted by Gasteiger charge is 2.67.